The first-order chi connectivity index (χ1) is 6.54. The van der Waals surface area contributed by atoms with Crippen LogP contribution in [0.1, 0.15) is 0 Å². The van der Waals surface area contributed by atoms with Crippen LogP contribution in [-0.2, 0) is 0 Å². The van der Waals surface area contributed by atoms with Crippen LogP contribution in [0.15, 0.2) is 6.07 Å². The van der Waals surface area contributed by atoms with Gasteiger partial charge in [0.25, 0.3) is 0 Å². The quantitative estimate of drug-likeness (QED) is 0.708. The average Bonchev–Trinajstić information content (AvgIpc) is 2.16. The molecule has 0 aliphatic rings. The van der Waals surface area contributed by atoms with Gasteiger partial charge in [0.15, 0.2) is 0 Å². The molecule has 0 N–H and O–H groups in total. The summed E-state index contributed by atoms with van der Waals surface area (Å²) in [5, 5.41) is 0. The lowest BCUT2D eigenvalue weighted by molar-refractivity contribution is 0.397. The van der Waals surface area contributed by atoms with Gasteiger partial charge in [0.1, 0.15) is 5.82 Å². The highest BCUT2D eigenvalue weighted by Crippen LogP contribution is 2.18. The van der Waals surface area contributed by atoms with Gasteiger partial charge < -0.3 is 14.5 Å². The molecular weight excluding hydrogens is 180 g/mol. The first-order valence-corrected chi connectivity index (χ1v) is 4.32. The first kappa shape index (κ1) is 10.6. The summed E-state index contributed by atoms with van der Waals surface area (Å²) in [6.45, 7) is 0. The zero-order valence-corrected chi connectivity index (χ0v) is 9.27. The lowest BCUT2D eigenvalue weighted by Gasteiger charge is -2.16. The highest BCUT2D eigenvalue weighted by atomic mass is 16.5. The Balaban J connectivity index is 3.13. The van der Waals surface area contributed by atoms with E-state index >= 15 is 0 Å². The summed E-state index contributed by atoms with van der Waals surface area (Å²) in [6, 6.07) is 1.80. The van der Waals surface area contributed by atoms with Gasteiger partial charge in [-0.2, -0.15) is 9.97 Å². The standard InChI is InChI=1S/C9H16N4O/c1-12(2)7-6-8(14-5)11-9(10-7)13(3)4/h6H,1-5H3. The third-order valence-electron chi connectivity index (χ3n) is 1.74. The molecule has 1 aromatic heterocycles. The van der Waals surface area contributed by atoms with Gasteiger partial charge >= 0.3 is 0 Å². The molecule has 0 radical (unpaired) electrons. The average molecular weight is 196 g/mol. The fraction of sp³-hybridized carbons (Fsp3) is 0.556. The Kier molecular flexibility index (Phi) is 3.11. The number of hydrogen-bond acceptors (Lipinski definition) is 5. The van der Waals surface area contributed by atoms with E-state index in [0.29, 0.717) is 11.8 Å². The van der Waals surface area contributed by atoms with Crippen LogP contribution in [0.5, 0.6) is 5.88 Å². The molecule has 0 aromatic carbocycles. The summed E-state index contributed by atoms with van der Waals surface area (Å²) in [6.07, 6.45) is 0. The van der Waals surface area contributed by atoms with Crippen molar-refractivity contribution in [3.63, 3.8) is 0 Å². The molecule has 14 heavy (non-hydrogen) atoms. The van der Waals surface area contributed by atoms with E-state index in [-0.39, 0.29) is 0 Å². The third kappa shape index (κ3) is 2.25. The minimum absolute atomic E-state index is 0.576. The number of ether oxygens (including phenoxy) is 1. The topological polar surface area (TPSA) is 41.5 Å². The monoisotopic (exact) mass is 196 g/mol. The molecule has 0 bridgehead atoms. The molecule has 5 heteroatoms. The summed E-state index contributed by atoms with van der Waals surface area (Å²) < 4.78 is 5.09. The maximum atomic E-state index is 5.09. The lowest BCUT2D eigenvalue weighted by Crippen LogP contribution is -2.17. The van der Waals surface area contributed by atoms with Crippen molar-refractivity contribution in [1.82, 2.24) is 9.97 Å². The number of methoxy groups -OCH3 is 1. The highest BCUT2D eigenvalue weighted by molar-refractivity contribution is 5.46. The lowest BCUT2D eigenvalue weighted by atomic mass is 10.5. The van der Waals surface area contributed by atoms with Crippen LogP contribution in [0, 0.1) is 0 Å². The van der Waals surface area contributed by atoms with Crippen molar-refractivity contribution in [2.24, 2.45) is 0 Å². The Morgan fingerprint density at radius 1 is 1.07 bits per heavy atom. The van der Waals surface area contributed by atoms with Crippen LogP contribution < -0.4 is 14.5 Å². The molecule has 0 unspecified atom stereocenters. The molecule has 0 saturated heterocycles. The Hall–Kier alpha value is -1.52. The summed E-state index contributed by atoms with van der Waals surface area (Å²) in [5.74, 6) is 2.06. The predicted octanol–water partition coefficient (Wildman–Crippen LogP) is 0.617. The summed E-state index contributed by atoms with van der Waals surface area (Å²) in [7, 11) is 9.26. The van der Waals surface area contributed by atoms with Crippen LogP contribution in [0.4, 0.5) is 11.8 Å². The van der Waals surface area contributed by atoms with E-state index in [1.165, 1.54) is 0 Å². The van der Waals surface area contributed by atoms with Crippen molar-refractivity contribution in [2.45, 2.75) is 0 Å². The molecule has 78 valence electrons. The summed E-state index contributed by atoms with van der Waals surface area (Å²) in [4.78, 5) is 12.3. The SMILES string of the molecule is COc1cc(N(C)C)nc(N(C)C)n1. The molecule has 0 aliphatic heterocycles. The van der Waals surface area contributed by atoms with Gasteiger partial charge in [-0.15, -0.1) is 0 Å². The second-order valence-corrected chi connectivity index (χ2v) is 3.36. The van der Waals surface area contributed by atoms with Crippen LogP contribution in [0.25, 0.3) is 0 Å². The van der Waals surface area contributed by atoms with Gasteiger partial charge in [-0.3, -0.25) is 0 Å². The molecule has 1 heterocycles. The van der Waals surface area contributed by atoms with E-state index in [0.717, 1.165) is 5.82 Å². The molecule has 0 aliphatic carbocycles. The summed E-state index contributed by atoms with van der Waals surface area (Å²) in [5.41, 5.74) is 0. The number of anilines is 2. The van der Waals surface area contributed by atoms with Crippen molar-refractivity contribution >= 4 is 11.8 Å². The van der Waals surface area contributed by atoms with Crippen molar-refractivity contribution in [2.75, 3.05) is 45.1 Å². The predicted molar refractivity (Wildman–Crippen MR) is 57.2 cm³/mol. The van der Waals surface area contributed by atoms with E-state index in [1.807, 2.05) is 38.0 Å². The normalized spacial score (nSPS) is 9.79. The number of rotatable bonds is 3. The summed E-state index contributed by atoms with van der Waals surface area (Å²) >= 11 is 0. The first-order valence-electron chi connectivity index (χ1n) is 4.32. The highest BCUT2D eigenvalue weighted by Gasteiger charge is 2.07. The number of nitrogens with zero attached hydrogens (tertiary/aromatic N) is 4. The van der Waals surface area contributed by atoms with E-state index in [9.17, 15) is 0 Å². The molecule has 1 rings (SSSR count). The van der Waals surface area contributed by atoms with Crippen molar-refractivity contribution in [3.05, 3.63) is 6.07 Å². The smallest absolute Gasteiger partial charge is 0.230 e. The molecule has 0 atom stereocenters. The number of hydrogen-bond donors (Lipinski definition) is 0. The molecule has 0 amide bonds. The zero-order chi connectivity index (χ0) is 10.7. The van der Waals surface area contributed by atoms with Gasteiger partial charge in [0.2, 0.25) is 11.8 Å². The third-order valence-corrected chi connectivity index (χ3v) is 1.74. The second-order valence-electron chi connectivity index (χ2n) is 3.36. The minimum atomic E-state index is 0.576. The largest absolute Gasteiger partial charge is 0.481 e. The molecule has 5 nitrogen and oxygen atoms in total. The van der Waals surface area contributed by atoms with E-state index in [2.05, 4.69) is 9.97 Å². The van der Waals surface area contributed by atoms with E-state index < -0.39 is 0 Å². The van der Waals surface area contributed by atoms with Crippen molar-refractivity contribution in [3.8, 4) is 5.88 Å². The molecular formula is C9H16N4O. The number of aromatic nitrogens is 2. The van der Waals surface area contributed by atoms with Crippen LogP contribution in [0.2, 0.25) is 0 Å². The van der Waals surface area contributed by atoms with E-state index in [1.54, 1.807) is 13.2 Å². The van der Waals surface area contributed by atoms with Gasteiger partial charge in [-0.25, -0.2) is 0 Å². The fourth-order valence-electron chi connectivity index (χ4n) is 0.935. The molecule has 1 aromatic rings. The second kappa shape index (κ2) is 4.13. The van der Waals surface area contributed by atoms with Crippen molar-refractivity contribution < 1.29 is 4.74 Å². The maximum absolute atomic E-state index is 5.09. The van der Waals surface area contributed by atoms with Crippen molar-refractivity contribution in [1.29, 1.82) is 0 Å². The molecule has 0 spiro atoms. The Bertz CT molecular complexity index is 285. The van der Waals surface area contributed by atoms with Crippen LogP contribution >= 0.6 is 0 Å². The molecule has 0 saturated carbocycles. The molecule has 0 fully saturated rings. The zero-order valence-electron chi connectivity index (χ0n) is 9.27. The Morgan fingerprint density at radius 3 is 2.14 bits per heavy atom. The maximum Gasteiger partial charge on any atom is 0.230 e. The Labute approximate surface area is 84.3 Å². The Morgan fingerprint density at radius 2 is 1.71 bits per heavy atom. The van der Waals surface area contributed by atoms with Gasteiger partial charge in [0.05, 0.1) is 7.11 Å². The van der Waals surface area contributed by atoms with Gasteiger partial charge in [-0.05, 0) is 0 Å². The van der Waals surface area contributed by atoms with Crippen LogP contribution in [0.3, 0.4) is 0 Å². The van der Waals surface area contributed by atoms with Gasteiger partial charge in [0, 0.05) is 34.3 Å². The van der Waals surface area contributed by atoms with Gasteiger partial charge in [-0.1, -0.05) is 0 Å². The fourth-order valence-corrected chi connectivity index (χ4v) is 0.935. The minimum Gasteiger partial charge on any atom is -0.481 e. The van der Waals surface area contributed by atoms with E-state index in [4.69, 9.17) is 4.74 Å². The van der Waals surface area contributed by atoms with Crippen LogP contribution in [-0.4, -0.2) is 45.3 Å².